The minimum Gasteiger partial charge on any atom is -0.481 e. The summed E-state index contributed by atoms with van der Waals surface area (Å²) in [6, 6.07) is 1.67. The van der Waals surface area contributed by atoms with Crippen LogP contribution < -0.4 is 5.32 Å². The van der Waals surface area contributed by atoms with Gasteiger partial charge in [-0.1, -0.05) is 20.8 Å². The first-order valence-corrected chi connectivity index (χ1v) is 6.49. The van der Waals surface area contributed by atoms with Crippen molar-refractivity contribution in [3.8, 4) is 0 Å². The molecule has 0 radical (unpaired) electrons. The van der Waals surface area contributed by atoms with Gasteiger partial charge in [0.1, 0.15) is 5.69 Å². The van der Waals surface area contributed by atoms with Gasteiger partial charge < -0.3 is 10.4 Å². The molecule has 6 heteroatoms. The Hall–Kier alpha value is -1.85. The van der Waals surface area contributed by atoms with E-state index in [-0.39, 0.29) is 18.4 Å². The van der Waals surface area contributed by atoms with E-state index < -0.39 is 11.9 Å². The molecule has 0 aliphatic heterocycles. The maximum absolute atomic E-state index is 11.8. The minimum atomic E-state index is -0.884. The van der Waals surface area contributed by atoms with Gasteiger partial charge in [0.15, 0.2) is 0 Å². The first kappa shape index (κ1) is 15.2. The molecule has 1 atom stereocenters. The third kappa shape index (κ3) is 4.73. The number of aromatic amines is 1. The minimum absolute atomic E-state index is 0.126. The first-order valence-electron chi connectivity index (χ1n) is 6.49. The van der Waals surface area contributed by atoms with Gasteiger partial charge in [0, 0.05) is 12.2 Å². The van der Waals surface area contributed by atoms with Crippen LogP contribution in [0.4, 0.5) is 0 Å². The average Bonchev–Trinajstić information content (AvgIpc) is 2.82. The highest BCUT2D eigenvalue weighted by Crippen LogP contribution is 2.11. The fourth-order valence-corrected chi connectivity index (χ4v) is 1.81. The highest BCUT2D eigenvalue weighted by Gasteiger charge is 2.20. The SMILES string of the molecule is CCc1cc(C(=O)NCC(CC(C)C)C(=O)O)n[nH]1. The van der Waals surface area contributed by atoms with E-state index in [1.54, 1.807) is 6.07 Å². The van der Waals surface area contributed by atoms with Crippen molar-refractivity contribution in [2.45, 2.75) is 33.6 Å². The highest BCUT2D eigenvalue weighted by molar-refractivity contribution is 5.92. The number of carboxylic acid groups (broad SMARTS) is 1. The molecular formula is C13H21N3O3. The normalized spacial score (nSPS) is 12.4. The van der Waals surface area contributed by atoms with E-state index in [4.69, 9.17) is 5.11 Å². The molecule has 0 saturated carbocycles. The maximum atomic E-state index is 11.8. The van der Waals surface area contributed by atoms with Crippen LogP contribution in [-0.2, 0) is 11.2 Å². The molecule has 0 bridgehead atoms. The van der Waals surface area contributed by atoms with Crippen molar-refractivity contribution in [2.24, 2.45) is 11.8 Å². The van der Waals surface area contributed by atoms with Crippen molar-refractivity contribution in [1.29, 1.82) is 0 Å². The van der Waals surface area contributed by atoms with Crippen LogP contribution in [0, 0.1) is 11.8 Å². The third-order valence-electron chi connectivity index (χ3n) is 2.86. The Morgan fingerprint density at radius 3 is 2.63 bits per heavy atom. The number of H-pyrrole nitrogens is 1. The summed E-state index contributed by atoms with van der Waals surface area (Å²) < 4.78 is 0. The van der Waals surface area contributed by atoms with Crippen LogP contribution in [0.2, 0.25) is 0 Å². The van der Waals surface area contributed by atoms with Crippen LogP contribution in [0.15, 0.2) is 6.07 Å². The van der Waals surface area contributed by atoms with Gasteiger partial charge in [-0.2, -0.15) is 5.10 Å². The summed E-state index contributed by atoms with van der Waals surface area (Å²) in [7, 11) is 0. The van der Waals surface area contributed by atoms with E-state index in [1.165, 1.54) is 0 Å². The first-order chi connectivity index (χ1) is 8.93. The van der Waals surface area contributed by atoms with E-state index in [9.17, 15) is 9.59 Å². The van der Waals surface area contributed by atoms with Gasteiger partial charge >= 0.3 is 5.97 Å². The summed E-state index contributed by atoms with van der Waals surface area (Å²) in [4.78, 5) is 22.9. The standard InChI is InChI=1S/C13H21N3O3/c1-4-10-6-11(16-15-10)12(17)14-7-9(13(18)19)5-8(2)3/h6,8-9H,4-5,7H2,1-3H3,(H,14,17)(H,15,16)(H,18,19). The average molecular weight is 267 g/mol. The van der Waals surface area contributed by atoms with Gasteiger partial charge in [0.05, 0.1) is 5.92 Å². The Bertz CT molecular complexity index is 440. The smallest absolute Gasteiger partial charge is 0.308 e. The van der Waals surface area contributed by atoms with E-state index >= 15 is 0 Å². The van der Waals surface area contributed by atoms with Crippen molar-refractivity contribution in [3.05, 3.63) is 17.5 Å². The van der Waals surface area contributed by atoms with Crippen molar-refractivity contribution < 1.29 is 14.7 Å². The molecule has 6 nitrogen and oxygen atoms in total. The fourth-order valence-electron chi connectivity index (χ4n) is 1.81. The van der Waals surface area contributed by atoms with E-state index in [2.05, 4.69) is 15.5 Å². The summed E-state index contributed by atoms with van der Waals surface area (Å²) in [5.41, 5.74) is 1.17. The van der Waals surface area contributed by atoms with Crippen LogP contribution in [0.25, 0.3) is 0 Å². The van der Waals surface area contributed by atoms with Gasteiger partial charge in [-0.15, -0.1) is 0 Å². The van der Waals surface area contributed by atoms with E-state index in [0.29, 0.717) is 12.1 Å². The second-order valence-corrected chi connectivity index (χ2v) is 5.01. The number of nitrogens with zero attached hydrogens (tertiary/aromatic N) is 1. The van der Waals surface area contributed by atoms with Gasteiger partial charge in [0.25, 0.3) is 5.91 Å². The van der Waals surface area contributed by atoms with Gasteiger partial charge in [-0.3, -0.25) is 14.7 Å². The second-order valence-electron chi connectivity index (χ2n) is 5.01. The quantitative estimate of drug-likeness (QED) is 0.696. The molecule has 0 saturated heterocycles. The summed E-state index contributed by atoms with van der Waals surface area (Å²) in [6.45, 7) is 6.00. The highest BCUT2D eigenvalue weighted by atomic mass is 16.4. The van der Waals surface area contributed by atoms with Crippen LogP contribution in [0.1, 0.15) is 43.4 Å². The lowest BCUT2D eigenvalue weighted by Crippen LogP contribution is -2.33. The molecule has 1 unspecified atom stereocenters. The van der Waals surface area contributed by atoms with Gasteiger partial charge in [-0.25, -0.2) is 0 Å². The van der Waals surface area contributed by atoms with Crippen molar-refractivity contribution >= 4 is 11.9 Å². The Labute approximate surface area is 112 Å². The molecule has 0 fully saturated rings. The number of aromatic nitrogens is 2. The summed E-state index contributed by atoms with van der Waals surface area (Å²) in [5.74, 6) is -1.51. The monoisotopic (exact) mass is 267 g/mol. The predicted octanol–water partition coefficient (Wildman–Crippen LogP) is 1.45. The summed E-state index contributed by atoms with van der Waals surface area (Å²) in [6.07, 6.45) is 1.31. The molecule has 1 amide bonds. The van der Waals surface area contributed by atoms with Gasteiger partial charge in [-0.05, 0) is 24.8 Å². The van der Waals surface area contributed by atoms with E-state index in [0.717, 1.165) is 12.1 Å². The largest absolute Gasteiger partial charge is 0.481 e. The van der Waals surface area contributed by atoms with Crippen LogP contribution in [0.3, 0.4) is 0 Å². The number of aliphatic carboxylic acids is 1. The number of aryl methyl sites for hydroxylation is 1. The zero-order valence-electron chi connectivity index (χ0n) is 11.6. The zero-order chi connectivity index (χ0) is 14.4. The molecule has 3 N–H and O–H groups in total. The molecule has 0 aliphatic rings. The molecule has 1 rings (SSSR count). The van der Waals surface area contributed by atoms with Gasteiger partial charge in [0.2, 0.25) is 0 Å². The number of carboxylic acids is 1. The second kappa shape index (κ2) is 6.92. The van der Waals surface area contributed by atoms with Crippen molar-refractivity contribution in [2.75, 3.05) is 6.54 Å². The third-order valence-corrected chi connectivity index (χ3v) is 2.86. The lowest BCUT2D eigenvalue weighted by atomic mass is 9.97. The fraction of sp³-hybridized carbons (Fsp3) is 0.615. The lowest BCUT2D eigenvalue weighted by Gasteiger charge is -2.14. The number of carbonyl (C=O) groups excluding carboxylic acids is 1. The Morgan fingerprint density at radius 2 is 2.16 bits per heavy atom. The number of carbonyl (C=O) groups is 2. The lowest BCUT2D eigenvalue weighted by molar-refractivity contribution is -0.142. The van der Waals surface area contributed by atoms with Crippen LogP contribution >= 0.6 is 0 Å². The number of hydrogen-bond acceptors (Lipinski definition) is 3. The molecule has 0 aromatic carbocycles. The Morgan fingerprint density at radius 1 is 1.47 bits per heavy atom. The Balaban J connectivity index is 2.54. The molecule has 1 heterocycles. The number of hydrogen-bond donors (Lipinski definition) is 3. The van der Waals surface area contributed by atoms with Crippen molar-refractivity contribution in [1.82, 2.24) is 15.5 Å². The maximum Gasteiger partial charge on any atom is 0.308 e. The number of amides is 1. The molecular weight excluding hydrogens is 246 g/mol. The molecule has 106 valence electrons. The molecule has 0 aliphatic carbocycles. The predicted molar refractivity (Wildman–Crippen MR) is 70.9 cm³/mol. The van der Waals surface area contributed by atoms with Crippen molar-refractivity contribution in [3.63, 3.8) is 0 Å². The topological polar surface area (TPSA) is 95.1 Å². The number of nitrogens with one attached hydrogen (secondary N) is 2. The Kier molecular flexibility index (Phi) is 5.54. The number of rotatable bonds is 7. The summed E-state index contributed by atoms with van der Waals surface area (Å²) >= 11 is 0. The summed E-state index contributed by atoms with van der Waals surface area (Å²) in [5, 5.41) is 18.3. The zero-order valence-corrected chi connectivity index (χ0v) is 11.6. The molecule has 1 aromatic rings. The molecule has 19 heavy (non-hydrogen) atoms. The molecule has 1 aromatic heterocycles. The molecule has 0 spiro atoms. The van der Waals surface area contributed by atoms with E-state index in [1.807, 2.05) is 20.8 Å². The van der Waals surface area contributed by atoms with Crippen LogP contribution in [-0.4, -0.2) is 33.7 Å². The van der Waals surface area contributed by atoms with Crippen LogP contribution in [0.5, 0.6) is 0 Å².